The summed E-state index contributed by atoms with van der Waals surface area (Å²) in [6, 6.07) is 6.92. The van der Waals surface area contributed by atoms with Crippen LogP contribution in [0.25, 0.3) is 0 Å². The standard InChI is InChI=1S/C15H15ClN2O2S/c16-11-3-5-13(6-4-11)20-8-14(19)17-7-12-9-21-15(18-12)10-1-2-10/h3-6,9-10H,1-2,7-8H2,(H,17,19). The molecule has 0 spiro atoms. The number of nitrogens with one attached hydrogen (secondary N) is 1. The van der Waals surface area contributed by atoms with Crippen LogP contribution >= 0.6 is 22.9 Å². The summed E-state index contributed by atoms with van der Waals surface area (Å²) in [4.78, 5) is 16.2. The molecule has 4 nitrogen and oxygen atoms in total. The fraction of sp³-hybridized carbons (Fsp3) is 0.333. The molecule has 0 atom stereocenters. The van der Waals surface area contributed by atoms with Crippen molar-refractivity contribution in [2.24, 2.45) is 0 Å². The first-order valence-electron chi connectivity index (χ1n) is 6.80. The normalized spacial score (nSPS) is 14.0. The van der Waals surface area contributed by atoms with Gasteiger partial charge in [-0.25, -0.2) is 4.98 Å². The zero-order valence-corrected chi connectivity index (χ0v) is 12.9. The average molecular weight is 323 g/mol. The van der Waals surface area contributed by atoms with Crippen molar-refractivity contribution in [1.29, 1.82) is 0 Å². The highest BCUT2D eigenvalue weighted by atomic mass is 35.5. The van der Waals surface area contributed by atoms with Gasteiger partial charge in [0.15, 0.2) is 6.61 Å². The largest absolute Gasteiger partial charge is 0.484 e. The summed E-state index contributed by atoms with van der Waals surface area (Å²) in [6.07, 6.45) is 2.49. The number of ether oxygens (including phenoxy) is 1. The minimum absolute atomic E-state index is 0.0126. The Morgan fingerprint density at radius 3 is 2.86 bits per heavy atom. The minimum atomic E-state index is -0.161. The summed E-state index contributed by atoms with van der Waals surface area (Å²) in [6.45, 7) is 0.438. The number of thiazole rings is 1. The number of carbonyl (C=O) groups is 1. The van der Waals surface area contributed by atoms with E-state index in [1.54, 1.807) is 35.6 Å². The van der Waals surface area contributed by atoms with Gasteiger partial charge in [0.25, 0.3) is 5.91 Å². The number of hydrogen-bond acceptors (Lipinski definition) is 4. The van der Waals surface area contributed by atoms with E-state index in [0.29, 0.717) is 23.2 Å². The minimum Gasteiger partial charge on any atom is -0.484 e. The summed E-state index contributed by atoms with van der Waals surface area (Å²) < 4.78 is 5.38. The molecular weight excluding hydrogens is 308 g/mol. The molecule has 1 N–H and O–H groups in total. The van der Waals surface area contributed by atoms with Crippen molar-refractivity contribution in [3.8, 4) is 5.75 Å². The second-order valence-corrected chi connectivity index (χ2v) is 6.30. The average Bonchev–Trinajstić information content (AvgIpc) is 3.23. The summed E-state index contributed by atoms with van der Waals surface area (Å²) in [5.41, 5.74) is 0.918. The Kier molecular flexibility index (Phi) is 4.41. The van der Waals surface area contributed by atoms with Crippen LogP contribution in [0.3, 0.4) is 0 Å². The fourth-order valence-corrected chi connectivity index (χ4v) is 2.96. The highest BCUT2D eigenvalue weighted by Crippen LogP contribution is 2.41. The van der Waals surface area contributed by atoms with Crippen molar-refractivity contribution >= 4 is 28.8 Å². The Labute approximate surface area is 132 Å². The van der Waals surface area contributed by atoms with Gasteiger partial charge in [-0.2, -0.15) is 0 Å². The molecule has 1 saturated carbocycles. The number of benzene rings is 1. The van der Waals surface area contributed by atoms with Crippen LogP contribution in [0.2, 0.25) is 5.02 Å². The Bertz CT molecular complexity index is 623. The van der Waals surface area contributed by atoms with E-state index in [2.05, 4.69) is 10.3 Å². The predicted molar refractivity (Wildman–Crippen MR) is 82.9 cm³/mol. The fourth-order valence-electron chi connectivity index (χ4n) is 1.84. The maximum atomic E-state index is 11.7. The summed E-state index contributed by atoms with van der Waals surface area (Å²) in [7, 11) is 0. The number of rotatable bonds is 6. The summed E-state index contributed by atoms with van der Waals surface area (Å²) in [5.74, 6) is 1.12. The molecule has 2 aromatic rings. The van der Waals surface area contributed by atoms with Crippen LogP contribution in [-0.4, -0.2) is 17.5 Å². The van der Waals surface area contributed by atoms with Crippen molar-refractivity contribution in [1.82, 2.24) is 10.3 Å². The van der Waals surface area contributed by atoms with Crippen LogP contribution in [0.1, 0.15) is 29.5 Å². The molecule has 6 heteroatoms. The molecule has 110 valence electrons. The van der Waals surface area contributed by atoms with E-state index < -0.39 is 0 Å². The van der Waals surface area contributed by atoms with E-state index in [1.807, 2.05) is 5.38 Å². The lowest BCUT2D eigenvalue weighted by Gasteiger charge is -2.06. The van der Waals surface area contributed by atoms with Crippen LogP contribution in [0.5, 0.6) is 5.75 Å². The first-order valence-corrected chi connectivity index (χ1v) is 8.06. The van der Waals surface area contributed by atoms with Crippen LogP contribution < -0.4 is 10.1 Å². The Morgan fingerprint density at radius 2 is 2.14 bits per heavy atom. The van der Waals surface area contributed by atoms with E-state index >= 15 is 0 Å². The summed E-state index contributed by atoms with van der Waals surface area (Å²) >= 11 is 7.46. The van der Waals surface area contributed by atoms with Crippen molar-refractivity contribution in [3.05, 3.63) is 45.4 Å². The van der Waals surface area contributed by atoms with E-state index in [1.165, 1.54) is 17.8 Å². The van der Waals surface area contributed by atoms with Crippen LogP contribution in [0.4, 0.5) is 0 Å². The third kappa shape index (κ3) is 4.19. The highest BCUT2D eigenvalue weighted by Gasteiger charge is 2.26. The van der Waals surface area contributed by atoms with Crippen LogP contribution in [-0.2, 0) is 11.3 Å². The third-order valence-electron chi connectivity index (χ3n) is 3.15. The molecule has 0 bridgehead atoms. The van der Waals surface area contributed by atoms with Gasteiger partial charge in [0.2, 0.25) is 0 Å². The molecule has 1 amide bonds. The van der Waals surface area contributed by atoms with Gasteiger partial charge in [-0.1, -0.05) is 11.6 Å². The number of carbonyl (C=O) groups excluding carboxylic acids is 1. The molecule has 1 heterocycles. The molecule has 1 aliphatic rings. The zero-order valence-electron chi connectivity index (χ0n) is 11.3. The number of nitrogens with zero attached hydrogens (tertiary/aromatic N) is 1. The Morgan fingerprint density at radius 1 is 1.38 bits per heavy atom. The first-order chi connectivity index (χ1) is 10.2. The lowest BCUT2D eigenvalue weighted by molar-refractivity contribution is -0.123. The van der Waals surface area contributed by atoms with Crippen molar-refractivity contribution in [2.75, 3.05) is 6.61 Å². The quantitative estimate of drug-likeness (QED) is 0.887. The van der Waals surface area contributed by atoms with Crippen LogP contribution in [0.15, 0.2) is 29.6 Å². The summed E-state index contributed by atoms with van der Waals surface area (Å²) in [5, 5.41) is 6.65. The monoisotopic (exact) mass is 322 g/mol. The van der Waals surface area contributed by atoms with Gasteiger partial charge in [-0.05, 0) is 37.1 Å². The van der Waals surface area contributed by atoms with E-state index in [0.717, 1.165) is 5.69 Å². The van der Waals surface area contributed by atoms with Gasteiger partial charge in [0.1, 0.15) is 5.75 Å². The van der Waals surface area contributed by atoms with Gasteiger partial charge >= 0.3 is 0 Å². The highest BCUT2D eigenvalue weighted by molar-refractivity contribution is 7.09. The zero-order chi connectivity index (χ0) is 14.7. The third-order valence-corrected chi connectivity index (χ3v) is 4.45. The van der Waals surface area contributed by atoms with Gasteiger partial charge in [0.05, 0.1) is 17.2 Å². The molecule has 1 aliphatic carbocycles. The van der Waals surface area contributed by atoms with Gasteiger partial charge < -0.3 is 10.1 Å². The molecule has 21 heavy (non-hydrogen) atoms. The van der Waals surface area contributed by atoms with Gasteiger partial charge in [-0.15, -0.1) is 11.3 Å². The second-order valence-electron chi connectivity index (χ2n) is 4.97. The van der Waals surface area contributed by atoms with E-state index in [4.69, 9.17) is 16.3 Å². The number of hydrogen-bond donors (Lipinski definition) is 1. The van der Waals surface area contributed by atoms with Gasteiger partial charge in [-0.3, -0.25) is 4.79 Å². The number of halogens is 1. The van der Waals surface area contributed by atoms with Crippen molar-refractivity contribution in [2.45, 2.75) is 25.3 Å². The first kappa shape index (κ1) is 14.4. The number of aromatic nitrogens is 1. The molecule has 1 aromatic heterocycles. The molecule has 0 saturated heterocycles. The lowest BCUT2D eigenvalue weighted by Crippen LogP contribution is -2.28. The molecule has 0 unspecified atom stereocenters. The number of amides is 1. The van der Waals surface area contributed by atoms with E-state index in [-0.39, 0.29) is 12.5 Å². The second kappa shape index (κ2) is 6.45. The van der Waals surface area contributed by atoms with Crippen molar-refractivity contribution in [3.63, 3.8) is 0 Å². The molecule has 1 fully saturated rings. The SMILES string of the molecule is O=C(COc1ccc(Cl)cc1)NCc1csc(C2CC2)n1. The molecule has 1 aromatic carbocycles. The maximum Gasteiger partial charge on any atom is 0.258 e. The van der Waals surface area contributed by atoms with Gasteiger partial charge in [0, 0.05) is 16.3 Å². The molecule has 0 radical (unpaired) electrons. The lowest BCUT2D eigenvalue weighted by atomic mass is 10.3. The predicted octanol–water partition coefficient (Wildman–Crippen LogP) is 3.37. The molecule has 3 rings (SSSR count). The van der Waals surface area contributed by atoms with E-state index in [9.17, 15) is 4.79 Å². The molecular formula is C15H15ClN2O2S. The Balaban J connectivity index is 1.42. The topological polar surface area (TPSA) is 51.2 Å². The van der Waals surface area contributed by atoms with Crippen molar-refractivity contribution < 1.29 is 9.53 Å². The van der Waals surface area contributed by atoms with Crippen LogP contribution in [0, 0.1) is 0 Å². The molecule has 0 aliphatic heterocycles. The Hall–Kier alpha value is -1.59. The smallest absolute Gasteiger partial charge is 0.258 e. The maximum absolute atomic E-state index is 11.7.